The van der Waals surface area contributed by atoms with E-state index < -0.39 is 0 Å². The van der Waals surface area contributed by atoms with Crippen molar-refractivity contribution in [3.63, 3.8) is 0 Å². The molecule has 0 unspecified atom stereocenters. The molecule has 0 saturated carbocycles. The zero-order valence-electron chi connectivity index (χ0n) is 14.9. The van der Waals surface area contributed by atoms with E-state index in [2.05, 4.69) is 24.3 Å². The summed E-state index contributed by atoms with van der Waals surface area (Å²) < 4.78 is 10.6. The first kappa shape index (κ1) is 17.3. The summed E-state index contributed by atoms with van der Waals surface area (Å²) in [7, 11) is 3.25. The molecular weight excluding hydrogens is 314 g/mol. The molecule has 0 aliphatic carbocycles. The zero-order valence-corrected chi connectivity index (χ0v) is 14.9. The molecule has 0 bridgehead atoms. The molecule has 2 aromatic carbocycles. The van der Waals surface area contributed by atoms with Gasteiger partial charge in [-0.2, -0.15) is 0 Å². The Labute approximate surface area is 149 Å². The first-order valence-corrected chi connectivity index (χ1v) is 8.75. The minimum absolute atomic E-state index is 0.151. The van der Waals surface area contributed by atoms with Crippen LogP contribution in [0.5, 0.6) is 11.5 Å². The van der Waals surface area contributed by atoms with Gasteiger partial charge in [-0.15, -0.1) is 0 Å². The Morgan fingerprint density at radius 2 is 1.76 bits per heavy atom. The maximum absolute atomic E-state index is 12.7. The number of hydrogen-bond donors (Lipinski definition) is 0. The van der Waals surface area contributed by atoms with Crippen LogP contribution in [-0.2, 0) is 11.2 Å². The number of carbonyl (C=O) groups excluding carboxylic acids is 1. The molecule has 1 heterocycles. The highest BCUT2D eigenvalue weighted by atomic mass is 16.5. The Morgan fingerprint density at radius 3 is 2.40 bits per heavy atom. The molecule has 0 aromatic heterocycles. The van der Waals surface area contributed by atoms with Gasteiger partial charge in [0.1, 0.15) is 11.5 Å². The highest BCUT2D eigenvalue weighted by molar-refractivity contribution is 5.79. The average molecular weight is 339 g/mol. The molecule has 132 valence electrons. The molecule has 2 aromatic rings. The van der Waals surface area contributed by atoms with E-state index in [4.69, 9.17) is 9.47 Å². The van der Waals surface area contributed by atoms with Crippen LogP contribution in [0.4, 0.5) is 0 Å². The van der Waals surface area contributed by atoms with Gasteiger partial charge in [0.2, 0.25) is 5.91 Å². The van der Waals surface area contributed by atoms with E-state index in [-0.39, 0.29) is 5.91 Å². The van der Waals surface area contributed by atoms with Crippen LogP contribution in [0.25, 0.3) is 0 Å². The highest BCUT2D eigenvalue weighted by Crippen LogP contribution is 2.29. The second-order valence-corrected chi connectivity index (χ2v) is 6.42. The van der Waals surface area contributed by atoms with E-state index in [1.807, 2.05) is 29.2 Å². The van der Waals surface area contributed by atoms with Gasteiger partial charge in [-0.05, 0) is 42.5 Å². The Morgan fingerprint density at radius 1 is 1.04 bits per heavy atom. The summed E-state index contributed by atoms with van der Waals surface area (Å²) in [5.41, 5.74) is 2.25. The lowest BCUT2D eigenvalue weighted by molar-refractivity contribution is -0.131. The van der Waals surface area contributed by atoms with Crippen molar-refractivity contribution < 1.29 is 14.3 Å². The molecule has 1 amide bonds. The first-order chi connectivity index (χ1) is 12.2. The lowest BCUT2D eigenvalue weighted by Crippen LogP contribution is -2.38. The predicted molar refractivity (Wildman–Crippen MR) is 98.2 cm³/mol. The third-order valence-electron chi connectivity index (χ3n) is 4.95. The smallest absolute Gasteiger partial charge is 0.227 e. The Kier molecular flexibility index (Phi) is 5.59. The molecule has 1 saturated heterocycles. The topological polar surface area (TPSA) is 38.8 Å². The number of amides is 1. The molecule has 1 aliphatic heterocycles. The fourth-order valence-corrected chi connectivity index (χ4v) is 3.48. The fourth-order valence-electron chi connectivity index (χ4n) is 3.48. The van der Waals surface area contributed by atoms with Gasteiger partial charge in [0.15, 0.2) is 0 Å². The van der Waals surface area contributed by atoms with Crippen molar-refractivity contribution in [1.82, 2.24) is 4.90 Å². The molecular formula is C21H25NO3. The van der Waals surface area contributed by atoms with Gasteiger partial charge in [0, 0.05) is 18.7 Å². The van der Waals surface area contributed by atoms with Crippen molar-refractivity contribution in [2.45, 2.75) is 25.2 Å². The van der Waals surface area contributed by atoms with Crippen molar-refractivity contribution >= 4 is 5.91 Å². The summed E-state index contributed by atoms with van der Waals surface area (Å²) >= 11 is 0. The van der Waals surface area contributed by atoms with E-state index in [0.717, 1.165) is 43.0 Å². The summed E-state index contributed by atoms with van der Waals surface area (Å²) in [6, 6.07) is 16.2. The molecule has 1 fully saturated rings. The molecule has 0 atom stereocenters. The van der Waals surface area contributed by atoms with Gasteiger partial charge in [0.05, 0.1) is 20.6 Å². The number of hydrogen-bond acceptors (Lipinski definition) is 3. The molecule has 0 radical (unpaired) electrons. The van der Waals surface area contributed by atoms with E-state index >= 15 is 0 Å². The second-order valence-electron chi connectivity index (χ2n) is 6.42. The van der Waals surface area contributed by atoms with E-state index in [9.17, 15) is 4.79 Å². The Balaban J connectivity index is 1.62. The van der Waals surface area contributed by atoms with Gasteiger partial charge in [-0.1, -0.05) is 30.3 Å². The SMILES string of the molecule is COc1ccc(OC)c(CC(=O)N2CCC(c3ccccc3)CC2)c1. The lowest BCUT2D eigenvalue weighted by atomic mass is 9.89. The predicted octanol–water partition coefficient (Wildman–Crippen LogP) is 3.65. The monoisotopic (exact) mass is 339 g/mol. The molecule has 0 N–H and O–H groups in total. The van der Waals surface area contributed by atoms with E-state index in [0.29, 0.717) is 12.3 Å². The van der Waals surface area contributed by atoms with Crippen LogP contribution in [0.15, 0.2) is 48.5 Å². The number of piperidine rings is 1. The summed E-state index contributed by atoms with van der Waals surface area (Å²) in [6.45, 7) is 1.62. The largest absolute Gasteiger partial charge is 0.497 e. The van der Waals surface area contributed by atoms with Gasteiger partial charge in [-0.3, -0.25) is 4.79 Å². The number of carbonyl (C=O) groups is 1. The number of benzene rings is 2. The quantitative estimate of drug-likeness (QED) is 0.834. The third kappa shape index (κ3) is 4.13. The third-order valence-corrected chi connectivity index (χ3v) is 4.95. The van der Waals surface area contributed by atoms with Crippen LogP contribution in [0.3, 0.4) is 0 Å². The van der Waals surface area contributed by atoms with Crippen LogP contribution in [0.2, 0.25) is 0 Å². The van der Waals surface area contributed by atoms with Gasteiger partial charge < -0.3 is 14.4 Å². The van der Waals surface area contributed by atoms with Crippen LogP contribution in [-0.4, -0.2) is 38.1 Å². The van der Waals surface area contributed by atoms with Crippen LogP contribution < -0.4 is 9.47 Å². The number of likely N-dealkylation sites (tertiary alicyclic amines) is 1. The van der Waals surface area contributed by atoms with E-state index in [1.54, 1.807) is 14.2 Å². The van der Waals surface area contributed by atoms with Crippen LogP contribution in [0, 0.1) is 0 Å². The summed E-state index contributed by atoms with van der Waals surface area (Å²) in [5.74, 6) is 2.18. The first-order valence-electron chi connectivity index (χ1n) is 8.75. The normalized spacial score (nSPS) is 15.0. The maximum atomic E-state index is 12.7. The Hall–Kier alpha value is -2.49. The van der Waals surface area contributed by atoms with Crippen LogP contribution >= 0.6 is 0 Å². The molecule has 4 nitrogen and oxygen atoms in total. The van der Waals surface area contributed by atoms with Gasteiger partial charge in [0.25, 0.3) is 0 Å². The molecule has 0 spiro atoms. The van der Waals surface area contributed by atoms with Gasteiger partial charge >= 0.3 is 0 Å². The molecule has 3 rings (SSSR count). The number of nitrogens with zero attached hydrogens (tertiary/aromatic N) is 1. The van der Waals surface area contributed by atoms with Crippen molar-refractivity contribution in [1.29, 1.82) is 0 Å². The maximum Gasteiger partial charge on any atom is 0.227 e. The summed E-state index contributed by atoms with van der Waals surface area (Å²) in [6.07, 6.45) is 2.38. The lowest BCUT2D eigenvalue weighted by Gasteiger charge is -2.32. The number of rotatable bonds is 5. The average Bonchev–Trinajstić information content (AvgIpc) is 2.68. The fraction of sp³-hybridized carbons (Fsp3) is 0.381. The standard InChI is InChI=1S/C21H25NO3/c1-24-19-8-9-20(25-2)18(14-19)15-21(23)22-12-10-17(11-13-22)16-6-4-3-5-7-16/h3-9,14,17H,10-13,15H2,1-2H3. The van der Waals surface area contributed by atoms with E-state index in [1.165, 1.54) is 5.56 Å². The zero-order chi connectivity index (χ0) is 17.6. The van der Waals surface area contributed by atoms with Crippen molar-refractivity contribution in [3.8, 4) is 11.5 Å². The molecule has 1 aliphatic rings. The Bertz CT molecular complexity index is 706. The minimum atomic E-state index is 0.151. The number of ether oxygens (including phenoxy) is 2. The molecule has 25 heavy (non-hydrogen) atoms. The summed E-state index contributed by atoms with van der Waals surface area (Å²) in [4.78, 5) is 14.7. The van der Waals surface area contributed by atoms with Crippen molar-refractivity contribution in [3.05, 3.63) is 59.7 Å². The summed E-state index contributed by atoms with van der Waals surface area (Å²) in [5, 5.41) is 0. The van der Waals surface area contributed by atoms with Crippen molar-refractivity contribution in [2.24, 2.45) is 0 Å². The number of methoxy groups -OCH3 is 2. The molecule has 4 heteroatoms. The highest BCUT2D eigenvalue weighted by Gasteiger charge is 2.24. The van der Waals surface area contributed by atoms with Gasteiger partial charge in [-0.25, -0.2) is 0 Å². The second kappa shape index (κ2) is 8.06. The van der Waals surface area contributed by atoms with Crippen molar-refractivity contribution in [2.75, 3.05) is 27.3 Å². The van der Waals surface area contributed by atoms with Crippen LogP contribution in [0.1, 0.15) is 29.9 Å². The minimum Gasteiger partial charge on any atom is -0.497 e.